The van der Waals surface area contributed by atoms with Crippen LogP contribution in [0.25, 0.3) is 0 Å². The Labute approximate surface area is 106 Å². The molecule has 18 heavy (non-hydrogen) atoms. The molecule has 0 bridgehead atoms. The molecule has 0 amide bonds. The van der Waals surface area contributed by atoms with Gasteiger partial charge in [0, 0.05) is 25.2 Å². The van der Waals surface area contributed by atoms with E-state index in [-0.39, 0.29) is 36.2 Å². The van der Waals surface area contributed by atoms with Crippen LogP contribution >= 0.6 is 0 Å². The second kappa shape index (κ2) is 9.38. The molecule has 0 heterocycles. The maximum Gasteiger partial charge on any atom is 0.155 e. The third-order valence-corrected chi connectivity index (χ3v) is 1.83. The Morgan fingerprint density at radius 1 is 0.889 bits per heavy atom. The fraction of sp³-hybridized carbons (Fsp3) is 0.500. The molecule has 6 nitrogen and oxygen atoms in total. The van der Waals surface area contributed by atoms with Crippen molar-refractivity contribution in [2.75, 3.05) is 26.2 Å². The fourth-order valence-electron chi connectivity index (χ4n) is 1.18. The molecule has 0 saturated heterocycles. The first kappa shape index (κ1) is 16.3. The molecule has 0 atom stereocenters. The summed E-state index contributed by atoms with van der Waals surface area (Å²) in [4.78, 5) is 21.2. The molecule has 0 radical (unpaired) electrons. The van der Waals surface area contributed by atoms with Crippen LogP contribution in [-0.4, -0.2) is 48.0 Å². The molecule has 0 spiro atoms. The van der Waals surface area contributed by atoms with Crippen molar-refractivity contribution >= 4 is 11.6 Å². The molecule has 0 aliphatic rings. The number of rotatable bonds is 9. The zero-order valence-electron chi connectivity index (χ0n) is 10.7. The van der Waals surface area contributed by atoms with Gasteiger partial charge in [0.2, 0.25) is 0 Å². The van der Waals surface area contributed by atoms with Crippen LogP contribution in [0, 0.1) is 0 Å². The molecule has 0 aliphatic carbocycles. The molecule has 0 saturated carbocycles. The number of nitrogens with one attached hydrogen (secondary N) is 2. The first-order valence-corrected chi connectivity index (χ1v) is 5.63. The van der Waals surface area contributed by atoms with E-state index < -0.39 is 0 Å². The van der Waals surface area contributed by atoms with E-state index in [0.29, 0.717) is 13.1 Å². The van der Waals surface area contributed by atoms with Gasteiger partial charge in [-0.1, -0.05) is 0 Å². The van der Waals surface area contributed by atoms with E-state index in [0.717, 1.165) is 12.2 Å². The third-order valence-electron chi connectivity index (χ3n) is 1.83. The van der Waals surface area contributed by atoms with E-state index in [1.807, 2.05) is 0 Å². The Kier molecular flexibility index (Phi) is 8.51. The van der Waals surface area contributed by atoms with E-state index >= 15 is 0 Å². The van der Waals surface area contributed by atoms with Gasteiger partial charge in [-0.3, -0.25) is 9.59 Å². The van der Waals surface area contributed by atoms with Gasteiger partial charge in [0.15, 0.2) is 11.6 Å². The summed E-state index contributed by atoms with van der Waals surface area (Å²) in [5, 5.41) is 24.3. The second-order valence-corrected chi connectivity index (χ2v) is 3.85. The molecule has 0 aromatic rings. The van der Waals surface area contributed by atoms with E-state index in [1.54, 1.807) is 0 Å². The van der Waals surface area contributed by atoms with Gasteiger partial charge in [-0.2, -0.15) is 0 Å². The number of carbonyl (C=O) groups excluding carboxylic acids is 2. The number of ketones is 2. The summed E-state index contributed by atoms with van der Waals surface area (Å²) >= 11 is 0. The Morgan fingerprint density at radius 3 is 1.50 bits per heavy atom. The molecule has 0 rings (SSSR count). The normalized spacial score (nSPS) is 12.6. The lowest BCUT2D eigenvalue weighted by Crippen LogP contribution is -2.29. The van der Waals surface area contributed by atoms with Gasteiger partial charge < -0.3 is 20.8 Å². The topological polar surface area (TPSA) is 98.7 Å². The van der Waals surface area contributed by atoms with Crippen molar-refractivity contribution in [2.24, 2.45) is 0 Å². The number of aliphatic hydroxyl groups excluding tert-OH is 2. The summed E-state index contributed by atoms with van der Waals surface area (Å²) < 4.78 is 0. The zero-order chi connectivity index (χ0) is 14.0. The first-order valence-electron chi connectivity index (χ1n) is 5.63. The molecule has 102 valence electrons. The van der Waals surface area contributed by atoms with Gasteiger partial charge in [0.25, 0.3) is 0 Å². The molecular formula is C12H20N2O4. The average Bonchev–Trinajstić information content (AvgIpc) is 2.20. The lowest BCUT2D eigenvalue weighted by molar-refractivity contribution is -0.113. The number of hydrogen-bond acceptors (Lipinski definition) is 6. The van der Waals surface area contributed by atoms with Crippen LogP contribution in [0.2, 0.25) is 0 Å². The minimum atomic E-state index is -0.202. The maximum absolute atomic E-state index is 10.6. The Hall–Kier alpha value is -1.66. The summed E-state index contributed by atoms with van der Waals surface area (Å²) in [5.74, 6) is -0.429. The third kappa shape index (κ3) is 10.8. The van der Waals surface area contributed by atoms with Crippen molar-refractivity contribution in [1.29, 1.82) is 0 Å². The molecule has 4 N–H and O–H groups in total. The molecule has 6 heteroatoms. The molecule has 0 unspecified atom stereocenters. The van der Waals surface area contributed by atoms with Crippen LogP contribution in [0.15, 0.2) is 23.7 Å². The number of aliphatic hydroxyl groups is 2. The van der Waals surface area contributed by atoms with E-state index in [2.05, 4.69) is 10.6 Å². The van der Waals surface area contributed by atoms with Crippen molar-refractivity contribution in [3.8, 4) is 0 Å². The summed E-state index contributed by atoms with van der Waals surface area (Å²) in [7, 11) is 0. The SMILES string of the molecule is CC(=O)/C=C(\O)CNCCNC/C(O)=C/C(C)=O. The largest absolute Gasteiger partial charge is 0.511 e. The average molecular weight is 256 g/mol. The summed E-state index contributed by atoms with van der Waals surface area (Å²) in [6, 6.07) is 0. The van der Waals surface area contributed by atoms with Crippen LogP contribution in [0.3, 0.4) is 0 Å². The van der Waals surface area contributed by atoms with E-state index in [1.165, 1.54) is 13.8 Å². The minimum absolute atomic E-state index is 0.0122. The highest BCUT2D eigenvalue weighted by molar-refractivity contribution is 5.87. The van der Waals surface area contributed by atoms with Crippen LogP contribution in [0.1, 0.15) is 13.8 Å². The van der Waals surface area contributed by atoms with Crippen molar-refractivity contribution < 1.29 is 19.8 Å². The molecule has 0 fully saturated rings. The number of carbonyl (C=O) groups is 2. The van der Waals surface area contributed by atoms with Crippen LogP contribution < -0.4 is 10.6 Å². The Morgan fingerprint density at radius 2 is 1.22 bits per heavy atom. The minimum Gasteiger partial charge on any atom is -0.511 e. The zero-order valence-corrected chi connectivity index (χ0v) is 10.7. The smallest absolute Gasteiger partial charge is 0.155 e. The monoisotopic (exact) mass is 256 g/mol. The predicted octanol–water partition coefficient (Wildman–Crippen LogP) is 0.227. The number of hydrogen-bond donors (Lipinski definition) is 4. The second-order valence-electron chi connectivity index (χ2n) is 3.85. The van der Waals surface area contributed by atoms with Crippen molar-refractivity contribution in [3.05, 3.63) is 23.7 Å². The first-order chi connectivity index (χ1) is 8.41. The molecule has 0 aliphatic heterocycles. The number of allylic oxidation sites excluding steroid dienone is 2. The summed E-state index contributed by atoms with van der Waals surface area (Å²) in [5.41, 5.74) is 0. The Bertz CT molecular complexity index is 314. The lowest BCUT2D eigenvalue weighted by atomic mass is 10.3. The summed E-state index contributed by atoms with van der Waals surface area (Å²) in [6.45, 7) is 4.28. The van der Waals surface area contributed by atoms with Gasteiger partial charge in [0.1, 0.15) is 11.5 Å². The van der Waals surface area contributed by atoms with Gasteiger partial charge in [-0.05, 0) is 13.8 Å². The van der Waals surface area contributed by atoms with Gasteiger partial charge in [-0.25, -0.2) is 0 Å². The van der Waals surface area contributed by atoms with Gasteiger partial charge >= 0.3 is 0 Å². The van der Waals surface area contributed by atoms with E-state index in [4.69, 9.17) is 0 Å². The standard InChI is InChI=1S/C12H20N2O4/c1-9(15)5-11(17)7-13-3-4-14-8-12(18)6-10(2)16/h5-6,13-14,17-18H,3-4,7-8H2,1-2H3/b11-5-,12-6-. The van der Waals surface area contributed by atoms with Crippen LogP contribution in [0.4, 0.5) is 0 Å². The highest BCUT2D eigenvalue weighted by Crippen LogP contribution is 1.87. The fourth-order valence-corrected chi connectivity index (χ4v) is 1.18. The highest BCUT2D eigenvalue weighted by atomic mass is 16.3. The summed E-state index contributed by atoms with van der Waals surface area (Å²) in [6.07, 6.45) is 2.31. The Balaban J connectivity index is 3.58. The van der Waals surface area contributed by atoms with Crippen molar-refractivity contribution in [1.82, 2.24) is 10.6 Å². The van der Waals surface area contributed by atoms with Crippen molar-refractivity contribution in [2.45, 2.75) is 13.8 Å². The van der Waals surface area contributed by atoms with Crippen molar-refractivity contribution in [3.63, 3.8) is 0 Å². The van der Waals surface area contributed by atoms with Crippen LogP contribution in [-0.2, 0) is 9.59 Å². The predicted molar refractivity (Wildman–Crippen MR) is 68.5 cm³/mol. The van der Waals surface area contributed by atoms with Gasteiger partial charge in [-0.15, -0.1) is 0 Å². The highest BCUT2D eigenvalue weighted by Gasteiger charge is 1.97. The van der Waals surface area contributed by atoms with Gasteiger partial charge in [0.05, 0.1) is 13.1 Å². The molecule has 0 aromatic carbocycles. The molecule has 0 aromatic heterocycles. The molecular weight excluding hydrogens is 236 g/mol. The quantitative estimate of drug-likeness (QED) is 0.268. The lowest BCUT2D eigenvalue weighted by Gasteiger charge is -2.05. The maximum atomic E-state index is 10.6. The van der Waals surface area contributed by atoms with Crippen LogP contribution in [0.5, 0.6) is 0 Å². The van der Waals surface area contributed by atoms with E-state index in [9.17, 15) is 19.8 Å².